The lowest BCUT2D eigenvalue weighted by Gasteiger charge is -2.34. The van der Waals surface area contributed by atoms with E-state index in [1.54, 1.807) is 0 Å². The Morgan fingerprint density at radius 2 is 0.969 bits per heavy atom. The Labute approximate surface area is 186 Å². The molecule has 32 heavy (non-hydrogen) atoms. The zero-order chi connectivity index (χ0) is 20.9. The Balaban J connectivity index is 1.64. The maximum absolute atomic E-state index is 2.55. The molecule has 0 amide bonds. The van der Waals surface area contributed by atoms with Gasteiger partial charge in [0.15, 0.2) is 0 Å². The fourth-order valence-electron chi connectivity index (χ4n) is 6.15. The van der Waals surface area contributed by atoms with Crippen LogP contribution < -0.4 is 14.0 Å². The summed E-state index contributed by atoms with van der Waals surface area (Å²) < 4.78 is 5.10. The van der Waals surface area contributed by atoms with Crippen molar-refractivity contribution in [3.63, 3.8) is 0 Å². The van der Waals surface area contributed by atoms with E-state index in [9.17, 15) is 0 Å². The molecule has 8 rings (SSSR count). The van der Waals surface area contributed by atoms with Crippen molar-refractivity contribution < 1.29 is 9.13 Å². The van der Waals surface area contributed by atoms with Crippen LogP contribution in [0.4, 0.5) is 17.3 Å². The van der Waals surface area contributed by atoms with Crippen LogP contribution >= 0.6 is 0 Å². The van der Waals surface area contributed by atoms with E-state index in [1.807, 2.05) is 0 Å². The fraction of sp³-hybridized carbons (Fsp3) is 0.0345. The molecule has 3 nitrogen and oxygen atoms in total. The average Bonchev–Trinajstić information content (AvgIpc) is 3.34. The minimum atomic E-state index is -0.420. The molecular weight excluding hydrogens is 390 g/mol. The summed E-state index contributed by atoms with van der Waals surface area (Å²) in [7, 11) is 0. The summed E-state index contributed by atoms with van der Waals surface area (Å²) in [5, 5.41) is 0. The molecule has 5 aromatic rings. The molecule has 3 aromatic carbocycles. The summed E-state index contributed by atoms with van der Waals surface area (Å²) in [6.45, 7) is 0. The Morgan fingerprint density at radius 1 is 0.469 bits per heavy atom. The lowest BCUT2D eigenvalue weighted by molar-refractivity contribution is -0.950. The molecule has 3 heteroatoms. The zero-order valence-electron chi connectivity index (χ0n) is 17.3. The van der Waals surface area contributed by atoms with Crippen LogP contribution in [-0.2, 0) is 5.66 Å². The van der Waals surface area contributed by atoms with Crippen molar-refractivity contribution >= 4 is 17.3 Å². The van der Waals surface area contributed by atoms with Crippen LogP contribution in [0.5, 0.6) is 0 Å². The Bertz CT molecular complexity index is 1480. The first-order valence-electron chi connectivity index (χ1n) is 11.1. The Morgan fingerprint density at radius 3 is 1.53 bits per heavy atom. The lowest BCUT2D eigenvalue weighted by atomic mass is 9.89. The number of nitrogens with zero attached hydrogens (tertiary/aromatic N) is 3. The molecule has 0 N–H and O–H groups in total. The second-order valence-electron chi connectivity index (χ2n) is 8.64. The van der Waals surface area contributed by atoms with Crippen molar-refractivity contribution in [3.05, 3.63) is 126 Å². The number of rotatable bonds is 1. The summed E-state index contributed by atoms with van der Waals surface area (Å²) >= 11 is 0. The molecule has 5 heterocycles. The molecule has 0 atom stereocenters. The molecule has 0 saturated heterocycles. The fourth-order valence-corrected chi connectivity index (χ4v) is 6.15. The molecular formula is C29H19N3+2. The summed E-state index contributed by atoms with van der Waals surface area (Å²) in [6.07, 6.45) is 0. The van der Waals surface area contributed by atoms with E-state index in [-0.39, 0.29) is 0 Å². The largest absolute Gasteiger partial charge is 0.308 e. The summed E-state index contributed by atoms with van der Waals surface area (Å²) in [5.74, 6) is 2.36. The molecule has 0 aliphatic carbocycles. The third-order valence-corrected chi connectivity index (χ3v) is 7.22. The number of fused-ring (bicyclic) bond motifs is 4. The van der Waals surface area contributed by atoms with Crippen LogP contribution in [0.15, 0.2) is 115 Å². The highest BCUT2D eigenvalue weighted by atomic mass is 15.5. The molecule has 3 aliphatic rings. The highest BCUT2D eigenvalue weighted by Crippen LogP contribution is 2.52. The van der Waals surface area contributed by atoms with Gasteiger partial charge in [-0.2, -0.15) is 14.0 Å². The Hall–Kier alpha value is -4.24. The molecule has 0 fully saturated rings. The van der Waals surface area contributed by atoms with Crippen LogP contribution in [0, 0.1) is 0 Å². The molecule has 3 aliphatic heterocycles. The number of anilines is 3. The summed E-state index contributed by atoms with van der Waals surface area (Å²) in [6, 6.07) is 41.9. The van der Waals surface area contributed by atoms with Gasteiger partial charge in [-0.1, -0.05) is 54.6 Å². The number of benzene rings is 3. The van der Waals surface area contributed by atoms with E-state index >= 15 is 0 Å². The summed E-state index contributed by atoms with van der Waals surface area (Å²) in [5.41, 5.74) is 8.52. The third-order valence-electron chi connectivity index (χ3n) is 7.22. The van der Waals surface area contributed by atoms with E-state index in [0.29, 0.717) is 0 Å². The molecule has 0 saturated carbocycles. The van der Waals surface area contributed by atoms with Gasteiger partial charge >= 0.3 is 5.66 Å². The van der Waals surface area contributed by atoms with Crippen LogP contribution in [0.25, 0.3) is 22.5 Å². The van der Waals surface area contributed by atoms with E-state index in [2.05, 4.69) is 129 Å². The van der Waals surface area contributed by atoms with Gasteiger partial charge in [0.1, 0.15) is 17.1 Å². The SMILES string of the molecule is c1ccc(N2c3cccc4[n+]3C3(c5ccccc5-4)c4ccccc4-c4cccc2[n+]43)cc1. The van der Waals surface area contributed by atoms with Crippen molar-refractivity contribution in [2.75, 3.05) is 4.90 Å². The lowest BCUT2D eigenvalue weighted by Crippen LogP contribution is -2.76. The smallest absolute Gasteiger partial charge is 0.174 e. The zero-order valence-corrected chi connectivity index (χ0v) is 17.3. The van der Waals surface area contributed by atoms with Gasteiger partial charge in [0.25, 0.3) is 11.6 Å². The van der Waals surface area contributed by atoms with E-state index in [1.165, 1.54) is 45.3 Å². The number of aromatic nitrogens is 2. The highest BCUT2D eigenvalue weighted by Gasteiger charge is 2.65. The first kappa shape index (κ1) is 16.5. The first-order chi connectivity index (χ1) is 15.9. The van der Waals surface area contributed by atoms with Crippen molar-refractivity contribution in [1.82, 2.24) is 0 Å². The van der Waals surface area contributed by atoms with Crippen LogP contribution in [0.2, 0.25) is 0 Å². The number of hydrogen-bond acceptors (Lipinski definition) is 1. The van der Waals surface area contributed by atoms with Gasteiger partial charge in [0, 0.05) is 23.3 Å². The van der Waals surface area contributed by atoms with Gasteiger partial charge < -0.3 is 0 Å². The normalized spacial score (nSPS) is 15.1. The van der Waals surface area contributed by atoms with Gasteiger partial charge in [-0.05, 0) is 48.5 Å². The van der Waals surface area contributed by atoms with Crippen LogP contribution in [0.3, 0.4) is 0 Å². The molecule has 1 spiro atoms. The monoisotopic (exact) mass is 409 g/mol. The maximum Gasteiger partial charge on any atom is 0.308 e. The minimum Gasteiger partial charge on any atom is -0.174 e. The molecule has 0 bridgehead atoms. The third kappa shape index (κ3) is 1.65. The molecule has 0 radical (unpaired) electrons. The van der Waals surface area contributed by atoms with Crippen LogP contribution in [0.1, 0.15) is 11.1 Å². The number of hydrogen-bond donors (Lipinski definition) is 0. The number of pyridine rings is 2. The average molecular weight is 409 g/mol. The van der Waals surface area contributed by atoms with Gasteiger partial charge in [0.2, 0.25) is 0 Å². The predicted molar refractivity (Wildman–Crippen MR) is 124 cm³/mol. The van der Waals surface area contributed by atoms with Crippen molar-refractivity contribution in [3.8, 4) is 22.5 Å². The van der Waals surface area contributed by atoms with E-state index in [0.717, 1.165) is 5.69 Å². The highest BCUT2D eigenvalue weighted by molar-refractivity contribution is 5.79. The minimum absolute atomic E-state index is 0.420. The molecule has 0 unspecified atom stereocenters. The van der Waals surface area contributed by atoms with E-state index < -0.39 is 5.66 Å². The topological polar surface area (TPSA) is 11.0 Å². The van der Waals surface area contributed by atoms with Crippen LogP contribution in [-0.4, -0.2) is 0 Å². The predicted octanol–water partition coefficient (Wildman–Crippen LogP) is 5.30. The van der Waals surface area contributed by atoms with E-state index in [4.69, 9.17) is 0 Å². The molecule has 2 aromatic heterocycles. The first-order valence-corrected chi connectivity index (χ1v) is 11.1. The van der Waals surface area contributed by atoms with Crippen molar-refractivity contribution in [2.45, 2.75) is 5.66 Å². The van der Waals surface area contributed by atoms with Gasteiger partial charge in [-0.25, -0.2) is 0 Å². The number of para-hydroxylation sites is 1. The molecule has 148 valence electrons. The quantitative estimate of drug-likeness (QED) is 0.335. The second-order valence-corrected chi connectivity index (χ2v) is 8.64. The standard InChI is InChI=1S/C29H19N3/c1-2-10-20(11-3-1)30-27-18-8-16-25-21-12-4-6-14-23(21)29(31(25)27)24-15-7-5-13-22(24)26-17-9-19-28(30)32(26)29/h1-19H/q+2. The maximum atomic E-state index is 2.55. The van der Waals surface area contributed by atoms with Gasteiger partial charge in [-0.3, -0.25) is 0 Å². The van der Waals surface area contributed by atoms with Gasteiger partial charge in [-0.15, -0.1) is 0 Å². The summed E-state index contributed by atoms with van der Waals surface area (Å²) in [4.78, 5) is 2.39. The van der Waals surface area contributed by atoms with Gasteiger partial charge in [0.05, 0.1) is 11.1 Å². The Kier molecular flexibility index (Phi) is 2.83. The second kappa shape index (κ2) is 5.51. The van der Waals surface area contributed by atoms with Crippen molar-refractivity contribution in [1.29, 1.82) is 0 Å². The van der Waals surface area contributed by atoms with Crippen molar-refractivity contribution in [2.24, 2.45) is 0 Å².